The van der Waals surface area contributed by atoms with E-state index in [9.17, 15) is 13.6 Å². The van der Waals surface area contributed by atoms with Gasteiger partial charge in [-0.05, 0) is 37.8 Å². The monoisotopic (exact) mass is 266 g/mol. The summed E-state index contributed by atoms with van der Waals surface area (Å²) in [6, 6.07) is 3.88. The Balaban J connectivity index is 1.78. The van der Waals surface area contributed by atoms with Crippen LogP contribution in [0.2, 0.25) is 0 Å². The molecule has 0 bridgehead atoms. The minimum absolute atomic E-state index is 0.0378. The number of anilines is 1. The predicted octanol–water partition coefficient (Wildman–Crippen LogP) is 2.21. The van der Waals surface area contributed by atoms with Gasteiger partial charge in [0.2, 0.25) is 5.91 Å². The summed E-state index contributed by atoms with van der Waals surface area (Å²) in [5.41, 5.74) is 0.436. The van der Waals surface area contributed by atoms with Crippen molar-refractivity contribution in [1.29, 1.82) is 0 Å². The SMILES string of the molecule is O=C1C(NC2CC2)CCCN1c1ccc(F)c(F)c1. The summed E-state index contributed by atoms with van der Waals surface area (Å²) >= 11 is 0. The van der Waals surface area contributed by atoms with E-state index < -0.39 is 11.6 Å². The second-order valence-electron chi connectivity index (χ2n) is 5.22. The number of nitrogens with one attached hydrogen (secondary N) is 1. The molecule has 3 nitrogen and oxygen atoms in total. The molecule has 1 atom stereocenters. The zero-order valence-corrected chi connectivity index (χ0v) is 10.5. The molecule has 1 aliphatic carbocycles. The minimum Gasteiger partial charge on any atom is -0.311 e. The lowest BCUT2D eigenvalue weighted by atomic mass is 10.0. The van der Waals surface area contributed by atoms with Crippen LogP contribution in [0.15, 0.2) is 18.2 Å². The van der Waals surface area contributed by atoms with Crippen LogP contribution in [0.4, 0.5) is 14.5 Å². The molecular formula is C14H16F2N2O. The van der Waals surface area contributed by atoms with E-state index in [4.69, 9.17) is 0 Å². The van der Waals surface area contributed by atoms with E-state index in [-0.39, 0.29) is 11.9 Å². The molecule has 1 amide bonds. The third-order valence-electron chi connectivity index (χ3n) is 3.67. The summed E-state index contributed by atoms with van der Waals surface area (Å²) in [5.74, 6) is -1.84. The van der Waals surface area contributed by atoms with Crippen molar-refractivity contribution in [2.45, 2.75) is 37.8 Å². The zero-order chi connectivity index (χ0) is 13.4. The van der Waals surface area contributed by atoms with Gasteiger partial charge in [0.05, 0.1) is 6.04 Å². The number of nitrogens with zero attached hydrogens (tertiary/aromatic N) is 1. The van der Waals surface area contributed by atoms with Gasteiger partial charge in [-0.15, -0.1) is 0 Å². The third-order valence-corrected chi connectivity index (χ3v) is 3.67. The van der Waals surface area contributed by atoms with E-state index in [0.717, 1.165) is 37.8 Å². The van der Waals surface area contributed by atoms with E-state index in [1.54, 1.807) is 4.90 Å². The van der Waals surface area contributed by atoms with Crippen LogP contribution in [-0.4, -0.2) is 24.5 Å². The molecule has 1 aromatic carbocycles. The first-order valence-electron chi connectivity index (χ1n) is 6.67. The Morgan fingerprint density at radius 3 is 2.63 bits per heavy atom. The lowest BCUT2D eigenvalue weighted by Gasteiger charge is -2.33. The van der Waals surface area contributed by atoms with E-state index in [1.165, 1.54) is 6.07 Å². The Bertz CT molecular complexity index is 502. The summed E-state index contributed by atoms with van der Waals surface area (Å²) < 4.78 is 26.2. The number of carbonyl (C=O) groups excluding carboxylic acids is 1. The molecule has 1 N–H and O–H groups in total. The first kappa shape index (κ1) is 12.5. The third kappa shape index (κ3) is 2.61. The van der Waals surface area contributed by atoms with Gasteiger partial charge in [-0.3, -0.25) is 4.79 Å². The standard InChI is InChI=1S/C14H16F2N2O/c15-11-6-5-10(8-12(11)16)18-7-1-2-13(14(18)19)17-9-3-4-9/h5-6,8-9,13,17H,1-4,7H2. The fourth-order valence-electron chi connectivity index (χ4n) is 2.47. The van der Waals surface area contributed by atoms with Crippen LogP contribution in [0.5, 0.6) is 0 Å². The number of rotatable bonds is 3. The highest BCUT2D eigenvalue weighted by atomic mass is 19.2. The molecule has 1 aliphatic heterocycles. The minimum atomic E-state index is -0.914. The van der Waals surface area contributed by atoms with E-state index >= 15 is 0 Å². The van der Waals surface area contributed by atoms with Gasteiger partial charge >= 0.3 is 0 Å². The van der Waals surface area contributed by atoms with Crippen molar-refractivity contribution in [2.24, 2.45) is 0 Å². The molecule has 2 aliphatic rings. The van der Waals surface area contributed by atoms with Crippen LogP contribution in [-0.2, 0) is 4.79 Å². The van der Waals surface area contributed by atoms with Crippen LogP contribution >= 0.6 is 0 Å². The van der Waals surface area contributed by atoms with Gasteiger partial charge in [-0.25, -0.2) is 8.78 Å². The summed E-state index contributed by atoms with van der Waals surface area (Å²) in [5, 5.41) is 3.31. The fraction of sp³-hybridized carbons (Fsp3) is 0.500. The van der Waals surface area contributed by atoms with Crippen molar-refractivity contribution < 1.29 is 13.6 Å². The number of amides is 1. The maximum atomic E-state index is 13.2. The van der Waals surface area contributed by atoms with Crippen molar-refractivity contribution in [3.63, 3.8) is 0 Å². The van der Waals surface area contributed by atoms with Crippen molar-refractivity contribution in [1.82, 2.24) is 5.32 Å². The molecule has 1 saturated carbocycles. The normalized spacial score (nSPS) is 23.8. The van der Waals surface area contributed by atoms with Gasteiger partial charge in [0.15, 0.2) is 11.6 Å². The van der Waals surface area contributed by atoms with E-state index in [1.807, 2.05) is 0 Å². The molecule has 19 heavy (non-hydrogen) atoms. The van der Waals surface area contributed by atoms with Crippen LogP contribution in [0.3, 0.4) is 0 Å². The highest BCUT2D eigenvalue weighted by Crippen LogP contribution is 2.26. The molecule has 1 unspecified atom stereocenters. The number of hydrogen-bond acceptors (Lipinski definition) is 2. The molecule has 0 aromatic heterocycles. The quantitative estimate of drug-likeness (QED) is 0.909. The number of carbonyl (C=O) groups is 1. The predicted molar refractivity (Wildman–Crippen MR) is 67.9 cm³/mol. The largest absolute Gasteiger partial charge is 0.311 e. The highest BCUT2D eigenvalue weighted by molar-refractivity contribution is 5.97. The van der Waals surface area contributed by atoms with Gasteiger partial charge in [-0.1, -0.05) is 0 Å². The summed E-state index contributed by atoms with van der Waals surface area (Å²) in [6.07, 6.45) is 3.93. The van der Waals surface area contributed by atoms with Gasteiger partial charge in [-0.2, -0.15) is 0 Å². The maximum absolute atomic E-state index is 13.2. The topological polar surface area (TPSA) is 32.3 Å². The molecule has 3 rings (SSSR count). The Morgan fingerprint density at radius 1 is 1.16 bits per heavy atom. The number of hydrogen-bond donors (Lipinski definition) is 1. The summed E-state index contributed by atoms with van der Waals surface area (Å²) in [7, 11) is 0. The lowest BCUT2D eigenvalue weighted by Crippen LogP contribution is -2.51. The molecule has 2 fully saturated rings. The van der Waals surface area contributed by atoms with Crippen molar-refractivity contribution in [3.8, 4) is 0 Å². The Labute approximate surface area is 110 Å². The fourth-order valence-corrected chi connectivity index (χ4v) is 2.47. The Morgan fingerprint density at radius 2 is 1.95 bits per heavy atom. The maximum Gasteiger partial charge on any atom is 0.244 e. The number of benzene rings is 1. The van der Waals surface area contributed by atoms with Gasteiger partial charge in [0, 0.05) is 24.3 Å². The lowest BCUT2D eigenvalue weighted by molar-refractivity contribution is -0.121. The average Bonchev–Trinajstić information content (AvgIpc) is 3.20. The Kier molecular flexibility index (Phi) is 3.22. The second kappa shape index (κ2) is 4.89. The molecule has 1 saturated heterocycles. The Hall–Kier alpha value is -1.49. The van der Waals surface area contributed by atoms with Gasteiger partial charge in [0.25, 0.3) is 0 Å². The van der Waals surface area contributed by atoms with Gasteiger partial charge in [0.1, 0.15) is 0 Å². The molecule has 0 radical (unpaired) electrons. The van der Waals surface area contributed by atoms with Crippen LogP contribution in [0, 0.1) is 11.6 Å². The molecule has 1 aromatic rings. The second-order valence-corrected chi connectivity index (χ2v) is 5.22. The van der Waals surface area contributed by atoms with Crippen LogP contribution < -0.4 is 10.2 Å². The molecular weight excluding hydrogens is 250 g/mol. The van der Waals surface area contributed by atoms with Gasteiger partial charge < -0.3 is 10.2 Å². The number of halogens is 2. The van der Waals surface area contributed by atoms with E-state index in [0.29, 0.717) is 18.3 Å². The average molecular weight is 266 g/mol. The zero-order valence-electron chi connectivity index (χ0n) is 10.5. The summed E-state index contributed by atoms with van der Waals surface area (Å²) in [4.78, 5) is 13.9. The highest BCUT2D eigenvalue weighted by Gasteiger charge is 2.34. The molecule has 0 spiro atoms. The van der Waals surface area contributed by atoms with Crippen molar-refractivity contribution in [3.05, 3.63) is 29.8 Å². The summed E-state index contributed by atoms with van der Waals surface area (Å²) in [6.45, 7) is 0.562. The first-order chi connectivity index (χ1) is 9.15. The smallest absolute Gasteiger partial charge is 0.244 e. The van der Waals surface area contributed by atoms with Crippen molar-refractivity contribution in [2.75, 3.05) is 11.4 Å². The van der Waals surface area contributed by atoms with E-state index in [2.05, 4.69) is 5.32 Å². The molecule has 1 heterocycles. The molecule has 5 heteroatoms. The number of piperidine rings is 1. The first-order valence-corrected chi connectivity index (χ1v) is 6.67. The van der Waals surface area contributed by atoms with Crippen LogP contribution in [0.25, 0.3) is 0 Å². The van der Waals surface area contributed by atoms with Crippen molar-refractivity contribution >= 4 is 11.6 Å². The molecule has 102 valence electrons. The van der Waals surface area contributed by atoms with Crippen LogP contribution in [0.1, 0.15) is 25.7 Å².